The summed E-state index contributed by atoms with van der Waals surface area (Å²) in [6.45, 7) is 5.44. The summed E-state index contributed by atoms with van der Waals surface area (Å²) in [6.07, 6.45) is 3.98. The van der Waals surface area contributed by atoms with Gasteiger partial charge in [-0.2, -0.15) is 0 Å². The Kier molecular flexibility index (Phi) is 5.94. The van der Waals surface area contributed by atoms with Crippen molar-refractivity contribution in [3.05, 3.63) is 41.3 Å². The predicted octanol–water partition coefficient (Wildman–Crippen LogP) is 2.75. The Morgan fingerprint density at radius 2 is 1.79 bits per heavy atom. The number of morpholine rings is 1. The second-order valence-electron chi connectivity index (χ2n) is 7.66. The minimum absolute atomic E-state index is 0.151. The maximum atomic E-state index is 12.7. The number of amides is 1. The van der Waals surface area contributed by atoms with Gasteiger partial charge in [-0.1, -0.05) is 30.3 Å². The van der Waals surface area contributed by atoms with Crippen LogP contribution in [0.5, 0.6) is 0 Å². The van der Waals surface area contributed by atoms with Crippen LogP contribution in [0.1, 0.15) is 12.8 Å². The number of ether oxygens (including phenoxy) is 1. The Balaban J connectivity index is 1.37. The number of benzene rings is 1. The number of piperidine rings is 1. The largest absolute Gasteiger partial charge is 0.378 e. The molecule has 6 nitrogen and oxygen atoms in total. The first-order valence-corrected chi connectivity index (χ1v) is 10.4. The van der Waals surface area contributed by atoms with Crippen LogP contribution in [0.15, 0.2) is 36.5 Å². The van der Waals surface area contributed by atoms with Crippen molar-refractivity contribution in [2.24, 2.45) is 13.0 Å². The first-order chi connectivity index (χ1) is 13.6. The molecular formula is C21H28N4O2S. The molecule has 0 saturated carbocycles. The lowest BCUT2D eigenvalue weighted by Crippen LogP contribution is -2.46. The Morgan fingerprint density at radius 1 is 1.11 bits per heavy atom. The summed E-state index contributed by atoms with van der Waals surface area (Å²) in [5, 5.41) is 0. The fourth-order valence-corrected chi connectivity index (χ4v) is 4.35. The number of imidazole rings is 1. The molecule has 0 aliphatic carbocycles. The summed E-state index contributed by atoms with van der Waals surface area (Å²) >= 11 is 5.66. The van der Waals surface area contributed by atoms with Crippen LogP contribution in [-0.2, 0) is 23.2 Å². The van der Waals surface area contributed by atoms with E-state index in [2.05, 4.69) is 32.4 Å². The second-order valence-corrected chi connectivity index (χ2v) is 8.03. The zero-order valence-electron chi connectivity index (χ0n) is 16.4. The second kappa shape index (κ2) is 8.59. The zero-order valence-corrected chi connectivity index (χ0v) is 17.2. The fourth-order valence-electron chi connectivity index (χ4n) is 4.14. The van der Waals surface area contributed by atoms with Gasteiger partial charge in [0.05, 0.1) is 25.6 Å². The van der Waals surface area contributed by atoms with E-state index in [9.17, 15) is 4.79 Å². The molecule has 0 atom stereocenters. The molecule has 0 bridgehead atoms. The SMILES string of the molecule is Cn1c(-c2ccccc2)cn(CN2CCC(C(=O)N3CCOCC3)CC2)c1=S. The van der Waals surface area contributed by atoms with Gasteiger partial charge in [-0.05, 0) is 30.6 Å². The third kappa shape index (κ3) is 4.06. The normalized spacial score (nSPS) is 19.1. The molecule has 1 aromatic heterocycles. The Morgan fingerprint density at radius 3 is 2.46 bits per heavy atom. The van der Waals surface area contributed by atoms with Crippen LogP contribution >= 0.6 is 12.2 Å². The highest BCUT2D eigenvalue weighted by Crippen LogP contribution is 2.23. The lowest BCUT2D eigenvalue weighted by Gasteiger charge is -2.35. The number of aromatic nitrogens is 2. The van der Waals surface area contributed by atoms with Crippen LogP contribution in [0, 0.1) is 10.7 Å². The van der Waals surface area contributed by atoms with Crippen molar-refractivity contribution in [2.45, 2.75) is 19.5 Å². The number of nitrogens with zero attached hydrogens (tertiary/aromatic N) is 4. The van der Waals surface area contributed by atoms with Gasteiger partial charge in [0.15, 0.2) is 4.77 Å². The summed E-state index contributed by atoms with van der Waals surface area (Å²) in [5.74, 6) is 0.462. The van der Waals surface area contributed by atoms with Crippen molar-refractivity contribution in [1.29, 1.82) is 0 Å². The molecule has 28 heavy (non-hydrogen) atoms. The molecule has 2 aliphatic heterocycles. The molecule has 2 aliphatic rings. The van der Waals surface area contributed by atoms with E-state index < -0.39 is 0 Å². The van der Waals surface area contributed by atoms with Crippen molar-refractivity contribution >= 4 is 18.1 Å². The van der Waals surface area contributed by atoms with Gasteiger partial charge in [0, 0.05) is 45.3 Å². The monoisotopic (exact) mass is 400 g/mol. The van der Waals surface area contributed by atoms with Crippen LogP contribution < -0.4 is 0 Å². The first kappa shape index (κ1) is 19.4. The highest BCUT2D eigenvalue weighted by Gasteiger charge is 2.29. The summed E-state index contributed by atoms with van der Waals surface area (Å²) < 4.78 is 10.4. The number of likely N-dealkylation sites (tertiary alicyclic amines) is 1. The highest BCUT2D eigenvalue weighted by atomic mass is 32.1. The molecule has 3 heterocycles. The molecule has 2 fully saturated rings. The molecular weight excluding hydrogens is 372 g/mol. The standard InChI is InChI=1S/C21H28N4O2S/c1-22-19(17-5-3-2-4-6-17)15-25(21(22)28)16-23-9-7-18(8-10-23)20(26)24-11-13-27-14-12-24/h2-6,15,18H,7-14,16H2,1H3. The van der Waals surface area contributed by atoms with Crippen LogP contribution in [0.25, 0.3) is 11.3 Å². The smallest absolute Gasteiger partial charge is 0.225 e. The molecule has 7 heteroatoms. The van der Waals surface area contributed by atoms with Gasteiger partial charge in [-0.25, -0.2) is 0 Å². The summed E-state index contributed by atoms with van der Waals surface area (Å²) in [5.41, 5.74) is 2.30. The van der Waals surface area contributed by atoms with Crippen molar-refractivity contribution in [1.82, 2.24) is 18.9 Å². The van der Waals surface area contributed by atoms with Gasteiger partial charge < -0.3 is 18.8 Å². The van der Waals surface area contributed by atoms with Gasteiger partial charge in [0.25, 0.3) is 0 Å². The minimum Gasteiger partial charge on any atom is -0.378 e. The van der Waals surface area contributed by atoms with E-state index in [4.69, 9.17) is 17.0 Å². The van der Waals surface area contributed by atoms with E-state index in [1.807, 2.05) is 30.1 Å². The Labute approximate surface area is 171 Å². The zero-order chi connectivity index (χ0) is 19.5. The van der Waals surface area contributed by atoms with Crippen molar-refractivity contribution in [3.8, 4) is 11.3 Å². The Bertz CT molecular complexity index is 862. The van der Waals surface area contributed by atoms with E-state index in [1.54, 1.807) is 0 Å². The van der Waals surface area contributed by atoms with Gasteiger partial charge in [0.2, 0.25) is 5.91 Å². The number of carbonyl (C=O) groups is 1. The number of hydrogen-bond donors (Lipinski definition) is 0. The van der Waals surface area contributed by atoms with E-state index in [0.717, 1.165) is 56.2 Å². The summed E-state index contributed by atoms with van der Waals surface area (Å²) in [4.78, 5) is 17.1. The topological polar surface area (TPSA) is 42.6 Å². The van der Waals surface area contributed by atoms with E-state index >= 15 is 0 Å². The number of rotatable bonds is 4. The average molecular weight is 401 g/mol. The maximum Gasteiger partial charge on any atom is 0.225 e. The lowest BCUT2D eigenvalue weighted by molar-refractivity contribution is -0.141. The molecule has 1 amide bonds. The van der Waals surface area contributed by atoms with E-state index in [1.165, 1.54) is 5.56 Å². The third-order valence-electron chi connectivity index (χ3n) is 5.85. The molecule has 2 aromatic rings. The van der Waals surface area contributed by atoms with E-state index in [0.29, 0.717) is 19.1 Å². The van der Waals surface area contributed by atoms with Gasteiger partial charge >= 0.3 is 0 Å². The average Bonchev–Trinajstić information content (AvgIpc) is 3.03. The van der Waals surface area contributed by atoms with Gasteiger partial charge in [-0.3, -0.25) is 9.69 Å². The van der Waals surface area contributed by atoms with E-state index in [-0.39, 0.29) is 5.92 Å². The first-order valence-electron chi connectivity index (χ1n) is 10.0. The quantitative estimate of drug-likeness (QED) is 0.740. The van der Waals surface area contributed by atoms with Crippen molar-refractivity contribution in [3.63, 3.8) is 0 Å². The summed E-state index contributed by atoms with van der Waals surface area (Å²) in [6, 6.07) is 10.3. The van der Waals surface area contributed by atoms with Crippen LogP contribution in [0.2, 0.25) is 0 Å². The minimum atomic E-state index is 0.151. The lowest BCUT2D eigenvalue weighted by atomic mass is 9.95. The highest BCUT2D eigenvalue weighted by molar-refractivity contribution is 7.71. The molecule has 0 N–H and O–H groups in total. The molecule has 2 saturated heterocycles. The summed E-state index contributed by atoms with van der Waals surface area (Å²) in [7, 11) is 2.02. The number of carbonyl (C=O) groups excluding carboxylic acids is 1. The molecule has 0 spiro atoms. The molecule has 1 aromatic carbocycles. The third-order valence-corrected chi connectivity index (χ3v) is 6.36. The van der Waals surface area contributed by atoms with Crippen LogP contribution in [-0.4, -0.2) is 64.2 Å². The molecule has 4 rings (SSSR count). The molecule has 0 radical (unpaired) electrons. The van der Waals surface area contributed by atoms with Crippen LogP contribution in [0.3, 0.4) is 0 Å². The van der Waals surface area contributed by atoms with Gasteiger partial charge in [0.1, 0.15) is 0 Å². The predicted molar refractivity (Wildman–Crippen MR) is 111 cm³/mol. The van der Waals surface area contributed by atoms with Crippen molar-refractivity contribution < 1.29 is 9.53 Å². The maximum absolute atomic E-state index is 12.7. The van der Waals surface area contributed by atoms with Gasteiger partial charge in [-0.15, -0.1) is 0 Å². The molecule has 150 valence electrons. The Hall–Kier alpha value is -1.96. The number of hydrogen-bond acceptors (Lipinski definition) is 4. The van der Waals surface area contributed by atoms with Crippen LogP contribution in [0.4, 0.5) is 0 Å². The molecule has 0 unspecified atom stereocenters. The van der Waals surface area contributed by atoms with Crippen molar-refractivity contribution in [2.75, 3.05) is 39.4 Å². The fraction of sp³-hybridized carbons (Fsp3) is 0.524.